The van der Waals surface area contributed by atoms with Crippen LogP contribution in [0.2, 0.25) is 0 Å². The molecule has 0 aliphatic carbocycles. The van der Waals surface area contributed by atoms with Crippen molar-refractivity contribution in [1.82, 2.24) is 4.98 Å². The Morgan fingerprint density at radius 3 is 2.50 bits per heavy atom. The average molecular weight is 332 g/mol. The molecule has 114 valence electrons. The Bertz CT molecular complexity index is 630. The van der Waals surface area contributed by atoms with Gasteiger partial charge in [0, 0.05) is 5.56 Å². The number of rotatable bonds is 7. The molecule has 4 nitrogen and oxygen atoms in total. The van der Waals surface area contributed by atoms with Gasteiger partial charge in [-0.25, -0.2) is 4.98 Å². The summed E-state index contributed by atoms with van der Waals surface area (Å²) in [6.07, 6.45) is 3.57. The summed E-state index contributed by atoms with van der Waals surface area (Å²) >= 11 is 2.85. The van der Waals surface area contributed by atoms with Crippen molar-refractivity contribution in [1.29, 1.82) is 0 Å². The Labute approximate surface area is 138 Å². The molecule has 0 bridgehead atoms. The lowest BCUT2D eigenvalue weighted by atomic mass is 10.2. The van der Waals surface area contributed by atoms with E-state index in [0.717, 1.165) is 5.03 Å². The lowest BCUT2D eigenvalue weighted by Crippen LogP contribution is -2.15. The Morgan fingerprint density at radius 1 is 1.09 bits per heavy atom. The SMILES string of the molecule is CSc1ccc(NC(=O)CSCC(=O)c2ccccc2)cn1. The van der Waals surface area contributed by atoms with E-state index in [1.165, 1.54) is 11.8 Å². The monoisotopic (exact) mass is 332 g/mol. The molecule has 1 aromatic heterocycles. The van der Waals surface area contributed by atoms with Gasteiger partial charge in [0.25, 0.3) is 0 Å². The molecule has 2 aromatic rings. The fraction of sp³-hybridized carbons (Fsp3) is 0.188. The van der Waals surface area contributed by atoms with Crippen LogP contribution in [0.4, 0.5) is 5.69 Å². The fourth-order valence-corrected chi connectivity index (χ4v) is 2.79. The van der Waals surface area contributed by atoms with Gasteiger partial charge >= 0.3 is 0 Å². The highest BCUT2D eigenvalue weighted by Crippen LogP contribution is 2.14. The van der Waals surface area contributed by atoms with Gasteiger partial charge in [-0.2, -0.15) is 0 Å². The Hall–Kier alpha value is -1.79. The van der Waals surface area contributed by atoms with Gasteiger partial charge in [-0.1, -0.05) is 30.3 Å². The van der Waals surface area contributed by atoms with Crippen LogP contribution in [0.3, 0.4) is 0 Å². The number of pyridine rings is 1. The van der Waals surface area contributed by atoms with E-state index >= 15 is 0 Å². The van der Waals surface area contributed by atoms with Crippen molar-refractivity contribution >= 4 is 40.9 Å². The highest BCUT2D eigenvalue weighted by atomic mass is 32.2. The largest absolute Gasteiger partial charge is 0.324 e. The zero-order chi connectivity index (χ0) is 15.8. The first-order valence-electron chi connectivity index (χ1n) is 6.65. The molecule has 6 heteroatoms. The van der Waals surface area contributed by atoms with Crippen molar-refractivity contribution in [2.45, 2.75) is 5.03 Å². The highest BCUT2D eigenvalue weighted by Gasteiger charge is 2.08. The zero-order valence-electron chi connectivity index (χ0n) is 12.1. The van der Waals surface area contributed by atoms with E-state index in [0.29, 0.717) is 17.0 Å². The number of anilines is 1. The number of Topliss-reactive ketones (excluding diaryl/α,β-unsaturated/α-hetero) is 1. The van der Waals surface area contributed by atoms with Gasteiger partial charge in [-0.05, 0) is 18.4 Å². The van der Waals surface area contributed by atoms with Crippen LogP contribution in [0, 0.1) is 0 Å². The van der Waals surface area contributed by atoms with E-state index in [4.69, 9.17) is 0 Å². The van der Waals surface area contributed by atoms with Crippen molar-refractivity contribution in [3.63, 3.8) is 0 Å². The third kappa shape index (κ3) is 5.20. The summed E-state index contributed by atoms with van der Waals surface area (Å²) in [5.41, 5.74) is 1.34. The van der Waals surface area contributed by atoms with Gasteiger partial charge in [0.05, 0.1) is 28.4 Å². The van der Waals surface area contributed by atoms with Crippen LogP contribution in [-0.4, -0.2) is 34.4 Å². The van der Waals surface area contributed by atoms with E-state index in [2.05, 4.69) is 10.3 Å². The molecule has 1 amide bonds. The molecule has 0 aliphatic heterocycles. The number of carbonyl (C=O) groups is 2. The molecule has 0 unspecified atom stereocenters. The Balaban J connectivity index is 1.74. The van der Waals surface area contributed by atoms with Crippen LogP contribution >= 0.6 is 23.5 Å². The first-order chi connectivity index (χ1) is 10.7. The number of amides is 1. The predicted octanol–water partition coefficient (Wildman–Crippen LogP) is 3.36. The van der Waals surface area contributed by atoms with Crippen LogP contribution in [0.1, 0.15) is 10.4 Å². The lowest BCUT2D eigenvalue weighted by Gasteiger charge is -2.05. The second-order valence-electron chi connectivity index (χ2n) is 4.42. The van der Waals surface area contributed by atoms with Crippen molar-refractivity contribution in [3.8, 4) is 0 Å². The average Bonchev–Trinajstić information content (AvgIpc) is 2.56. The number of thioether (sulfide) groups is 2. The minimum Gasteiger partial charge on any atom is -0.324 e. The number of ketones is 1. The number of nitrogens with zero attached hydrogens (tertiary/aromatic N) is 1. The van der Waals surface area contributed by atoms with Crippen LogP contribution < -0.4 is 5.32 Å². The zero-order valence-corrected chi connectivity index (χ0v) is 13.7. The number of hydrogen-bond donors (Lipinski definition) is 1. The third-order valence-corrected chi connectivity index (χ3v) is 4.38. The first kappa shape index (κ1) is 16.6. The van der Waals surface area contributed by atoms with Crippen molar-refractivity contribution in [3.05, 3.63) is 54.2 Å². The molecule has 1 aromatic carbocycles. The molecule has 1 heterocycles. The molecule has 0 saturated carbocycles. The van der Waals surface area contributed by atoms with Gasteiger partial charge in [-0.15, -0.1) is 23.5 Å². The van der Waals surface area contributed by atoms with Crippen molar-refractivity contribution in [2.75, 3.05) is 23.1 Å². The molecule has 0 spiro atoms. The second kappa shape index (κ2) is 8.60. The summed E-state index contributed by atoms with van der Waals surface area (Å²) in [4.78, 5) is 27.9. The molecule has 1 N–H and O–H groups in total. The standard InChI is InChI=1S/C16H16N2O2S2/c1-21-16-8-7-13(9-17-16)18-15(20)11-22-10-14(19)12-5-3-2-4-6-12/h2-9H,10-11H2,1H3,(H,18,20). The molecule has 22 heavy (non-hydrogen) atoms. The summed E-state index contributed by atoms with van der Waals surface area (Å²) < 4.78 is 0. The van der Waals surface area contributed by atoms with Crippen molar-refractivity contribution < 1.29 is 9.59 Å². The van der Waals surface area contributed by atoms with Gasteiger partial charge in [0.1, 0.15) is 0 Å². The molecule has 2 rings (SSSR count). The van der Waals surface area contributed by atoms with E-state index in [9.17, 15) is 9.59 Å². The number of nitrogens with one attached hydrogen (secondary N) is 1. The number of carbonyl (C=O) groups excluding carboxylic acids is 2. The quantitative estimate of drug-likeness (QED) is 0.622. The van der Waals surface area contributed by atoms with E-state index in [1.807, 2.05) is 36.6 Å². The first-order valence-corrected chi connectivity index (χ1v) is 9.03. The number of benzene rings is 1. The normalized spacial score (nSPS) is 10.2. The van der Waals surface area contributed by atoms with E-state index in [-0.39, 0.29) is 17.4 Å². The maximum atomic E-state index is 11.9. The minimum atomic E-state index is -0.135. The third-order valence-electron chi connectivity index (χ3n) is 2.79. The highest BCUT2D eigenvalue weighted by molar-refractivity contribution is 8.00. The van der Waals surface area contributed by atoms with Gasteiger partial charge in [0.15, 0.2) is 5.78 Å². The molecule has 0 atom stereocenters. The summed E-state index contributed by atoms with van der Waals surface area (Å²) in [6.45, 7) is 0. The topological polar surface area (TPSA) is 59.1 Å². The molecule has 0 saturated heterocycles. The van der Waals surface area contributed by atoms with E-state index < -0.39 is 0 Å². The molecular formula is C16H16N2O2S2. The number of hydrogen-bond acceptors (Lipinski definition) is 5. The van der Waals surface area contributed by atoms with Gasteiger partial charge in [-0.3, -0.25) is 9.59 Å². The van der Waals surface area contributed by atoms with E-state index in [1.54, 1.807) is 30.1 Å². The number of aromatic nitrogens is 1. The molecule has 0 fully saturated rings. The summed E-state index contributed by atoms with van der Waals surface area (Å²) in [5.74, 6) is 0.429. The summed E-state index contributed by atoms with van der Waals surface area (Å²) in [5, 5.41) is 3.67. The summed E-state index contributed by atoms with van der Waals surface area (Å²) in [7, 11) is 0. The van der Waals surface area contributed by atoms with Crippen LogP contribution in [0.15, 0.2) is 53.7 Å². The van der Waals surface area contributed by atoms with Crippen LogP contribution in [0.25, 0.3) is 0 Å². The fourth-order valence-electron chi connectivity index (χ4n) is 1.72. The van der Waals surface area contributed by atoms with Gasteiger partial charge in [0.2, 0.25) is 5.91 Å². The maximum absolute atomic E-state index is 11.9. The van der Waals surface area contributed by atoms with Crippen LogP contribution in [0.5, 0.6) is 0 Å². The summed E-state index contributed by atoms with van der Waals surface area (Å²) in [6, 6.07) is 12.8. The Kier molecular flexibility index (Phi) is 6.48. The van der Waals surface area contributed by atoms with Crippen LogP contribution in [-0.2, 0) is 4.79 Å². The lowest BCUT2D eigenvalue weighted by molar-refractivity contribution is -0.113. The van der Waals surface area contributed by atoms with Gasteiger partial charge < -0.3 is 5.32 Å². The maximum Gasteiger partial charge on any atom is 0.234 e. The molecular weight excluding hydrogens is 316 g/mol. The smallest absolute Gasteiger partial charge is 0.234 e. The van der Waals surface area contributed by atoms with Crippen molar-refractivity contribution in [2.24, 2.45) is 0 Å². The second-order valence-corrected chi connectivity index (χ2v) is 6.23. The minimum absolute atomic E-state index is 0.0318. The predicted molar refractivity (Wildman–Crippen MR) is 92.7 cm³/mol. The Morgan fingerprint density at radius 2 is 1.86 bits per heavy atom. The molecule has 0 radical (unpaired) electrons. The molecule has 0 aliphatic rings.